The van der Waals surface area contributed by atoms with Gasteiger partial charge in [-0.15, -0.1) is 0 Å². The molecule has 4 aromatic rings. The minimum atomic E-state index is -1.01. The second-order valence-electron chi connectivity index (χ2n) is 6.23. The highest BCUT2D eigenvalue weighted by Crippen LogP contribution is 2.30. The van der Waals surface area contributed by atoms with Crippen molar-refractivity contribution in [3.63, 3.8) is 0 Å². The second-order valence-corrected chi connectivity index (χ2v) is 7.40. The van der Waals surface area contributed by atoms with E-state index in [9.17, 15) is 19.1 Å². The molecule has 0 spiro atoms. The Morgan fingerprint density at radius 2 is 1.96 bits per heavy atom. The van der Waals surface area contributed by atoms with Crippen molar-refractivity contribution in [2.75, 3.05) is 0 Å². The monoisotopic (exact) mass is 397 g/mol. The van der Waals surface area contributed by atoms with Crippen LogP contribution in [0.25, 0.3) is 27.6 Å². The zero-order valence-electron chi connectivity index (χ0n) is 14.8. The molecule has 1 atom stereocenters. The minimum absolute atomic E-state index is 0.0308. The van der Waals surface area contributed by atoms with Crippen molar-refractivity contribution in [1.82, 2.24) is 14.5 Å². The van der Waals surface area contributed by atoms with E-state index in [1.165, 1.54) is 18.2 Å². The number of hydrogen-bond donors (Lipinski definition) is 2. The second kappa shape index (κ2) is 7.12. The highest BCUT2D eigenvalue weighted by Gasteiger charge is 2.24. The fourth-order valence-electron chi connectivity index (χ4n) is 3.10. The summed E-state index contributed by atoms with van der Waals surface area (Å²) in [5.41, 5.74) is 0.972. The Kier molecular flexibility index (Phi) is 4.64. The molecule has 0 bridgehead atoms. The van der Waals surface area contributed by atoms with Crippen LogP contribution in [0.1, 0.15) is 13.3 Å². The molecule has 0 aliphatic heterocycles. The van der Waals surface area contributed by atoms with E-state index in [4.69, 9.17) is 0 Å². The maximum atomic E-state index is 14.5. The van der Waals surface area contributed by atoms with Gasteiger partial charge in [-0.05, 0) is 24.6 Å². The first-order chi connectivity index (χ1) is 13.5. The van der Waals surface area contributed by atoms with Crippen LogP contribution in [-0.2, 0) is 4.79 Å². The molecule has 0 amide bonds. The van der Waals surface area contributed by atoms with Gasteiger partial charge in [0.25, 0.3) is 5.56 Å². The number of halogens is 1. The Labute approximate surface area is 163 Å². The van der Waals surface area contributed by atoms with Crippen molar-refractivity contribution >= 4 is 39.7 Å². The molecule has 0 aliphatic carbocycles. The molecule has 0 saturated heterocycles. The molecule has 0 radical (unpaired) electrons. The van der Waals surface area contributed by atoms with Gasteiger partial charge in [0.05, 0.1) is 5.69 Å². The number of aromatic nitrogens is 3. The number of nitrogens with zero attached hydrogens (tertiary/aromatic N) is 2. The number of aromatic amines is 1. The summed E-state index contributed by atoms with van der Waals surface area (Å²) in [7, 11) is 0. The molecule has 2 aromatic carbocycles. The van der Waals surface area contributed by atoms with E-state index in [1.807, 2.05) is 24.3 Å². The maximum absolute atomic E-state index is 14.5. The summed E-state index contributed by atoms with van der Waals surface area (Å²) in [5, 5.41) is 9.53. The van der Waals surface area contributed by atoms with E-state index in [-0.39, 0.29) is 16.4 Å². The normalized spacial score (nSPS) is 12.5. The number of hydrogen-bond acceptors (Lipinski definition) is 4. The summed E-state index contributed by atoms with van der Waals surface area (Å²) >= 11 is 0.940. The van der Waals surface area contributed by atoms with E-state index in [2.05, 4.69) is 9.97 Å². The van der Waals surface area contributed by atoms with Crippen molar-refractivity contribution in [2.24, 2.45) is 0 Å². The molecule has 8 heteroatoms. The fraction of sp³-hybridized carbons (Fsp3) is 0.150. The van der Waals surface area contributed by atoms with Crippen LogP contribution in [0.4, 0.5) is 4.39 Å². The molecular formula is C20H16FN3O3S. The average molecular weight is 397 g/mol. The van der Waals surface area contributed by atoms with E-state index in [0.29, 0.717) is 11.9 Å². The lowest BCUT2D eigenvalue weighted by Gasteiger charge is -2.15. The lowest BCUT2D eigenvalue weighted by molar-refractivity contribution is -0.136. The Hall–Kier alpha value is -3.13. The van der Waals surface area contributed by atoms with Crippen molar-refractivity contribution in [3.05, 3.63) is 64.7 Å². The van der Waals surface area contributed by atoms with Crippen LogP contribution in [-0.4, -0.2) is 30.9 Å². The molecule has 2 heterocycles. The van der Waals surface area contributed by atoms with Gasteiger partial charge in [-0.25, -0.2) is 9.37 Å². The quantitative estimate of drug-likeness (QED) is 0.393. The standard InChI is InChI=1S/C20H16FN3O3S/c1-2-15(19(26)27)28-20-23-16-11-7-3-5-9-13(11)22-17(16)18(25)24(20)14-10-6-4-8-12(14)21/h3-10,15,22H,2H2,1H3,(H,26,27)/t15-/m0/s1. The van der Waals surface area contributed by atoms with Crippen LogP contribution in [0.15, 0.2) is 58.5 Å². The van der Waals surface area contributed by atoms with Crippen LogP contribution in [0.5, 0.6) is 0 Å². The zero-order chi connectivity index (χ0) is 19.8. The molecule has 142 valence electrons. The number of thioether (sulfide) groups is 1. The average Bonchev–Trinajstić information content (AvgIpc) is 3.06. The molecule has 2 aromatic heterocycles. The van der Waals surface area contributed by atoms with E-state index < -0.39 is 22.6 Å². The number of fused-ring (bicyclic) bond motifs is 3. The van der Waals surface area contributed by atoms with E-state index in [1.54, 1.807) is 13.0 Å². The van der Waals surface area contributed by atoms with Crippen LogP contribution < -0.4 is 5.56 Å². The Morgan fingerprint density at radius 1 is 1.25 bits per heavy atom. The SMILES string of the molecule is CC[C@H](Sc1nc2c([nH]c3ccccc32)c(=O)n1-c1ccccc1F)C(=O)O. The van der Waals surface area contributed by atoms with E-state index >= 15 is 0 Å². The molecule has 0 aliphatic rings. The summed E-state index contributed by atoms with van der Waals surface area (Å²) < 4.78 is 15.6. The van der Waals surface area contributed by atoms with Gasteiger partial charge in [0.2, 0.25) is 0 Å². The third-order valence-electron chi connectivity index (χ3n) is 4.48. The molecule has 6 nitrogen and oxygen atoms in total. The van der Waals surface area contributed by atoms with Gasteiger partial charge in [-0.3, -0.25) is 14.2 Å². The maximum Gasteiger partial charge on any atom is 0.317 e. The number of carboxylic acids is 1. The van der Waals surface area contributed by atoms with Gasteiger partial charge in [-0.2, -0.15) is 0 Å². The van der Waals surface area contributed by atoms with Gasteiger partial charge in [-0.1, -0.05) is 49.0 Å². The van der Waals surface area contributed by atoms with Crippen molar-refractivity contribution in [2.45, 2.75) is 23.8 Å². The summed E-state index contributed by atoms with van der Waals surface area (Å²) in [6, 6.07) is 13.2. The lowest BCUT2D eigenvalue weighted by atomic mass is 10.2. The Bertz CT molecular complexity index is 1260. The number of carboxylic acid groups (broad SMARTS) is 1. The zero-order valence-corrected chi connectivity index (χ0v) is 15.7. The number of carbonyl (C=O) groups is 1. The third-order valence-corrected chi connectivity index (χ3v) is 5.79. The Balaban J connectivity index is 2.07. The highest BCUT2D eigenvalue weighted by molar-refractivity contribution is 8.00. The number of rotatable bonds is 5. The number of benzene rings is 2. The molecule has 4 rings (SSSR count). The fourth-order valence-corrected chi connectivity index (χ4v) is 4.06. The van der Waals surface area contributed by atoms with Crippen LogP contribution >= 0.6 is 11.8 Å². The van der Waals surface area contributed by atoms with Gasteiger partial charge in [0.1, 0.15) is 22.1 Å². The first-order valence-electron chi connectivity index (χ1n) is 8.69. The van der Waals surface area contributed by atoms with Gasteiger partial charge >= 0.3 is 5.97 Å². The van der Waals surface area contributed by atoms with Gasteiger partial charge in [0, 0.05) is 10.9 Å². The third kappa shape index (κ3) is 2.95. The molecular weight excluding hydrogens is 381 g/mol. The topological polar surface area (TPSA) is 88.0 Å². The highest BCUT2D eigenvalue weighted by atomic mass is 32.2. The smallest absolute Gasteiger partial charge is 0.317 e. The van der Waals surface area contributed by atoms with Gasteiger partial charge < -0.3 is 10.1 Å². The van der Waals surface area contributed by atoms with E-state index in [0.717, 1.165) is 27.2 Å². The Morgan fingerprint density at radius 3 is 2.68 bits per heavy atom. The predicted octanol–water partition coefficient (Wildman–Crippen LogP) is 3.96. The van der Waals surface area contributed by atoms with Crippen LogP contribution in [0.2, 0.25) is 0 Å². The number of nitrogens with one attached hydrogen (secondary N) is 1. The summed E-state index contributed by atoms with van der Waals surface area (Å²) in [6.45, 7) is 1.74. The molecule has 0 saturated carbocycles. The molecule has 2 N–H and O–H groups in total. The first kappa shape index (κ1) is 18.2. The van der Waals surface area contributed by atoms with Crippen molar-refractivity contribution < 1.29 is 14.3 Å². The number of H-pyrrole nitrogens is 1. The molecule has 0 unspecified atom stereocenters. The largest absolute Gasteiger partial charge is 0.480 e. The first-order valence-corrected chi connectivity index (χ1v) is 9.57. The lowest BCUT2D eigenvalue weighted by Crippen LogP contribution is -2.25. The predicted molar refractivity (Wildman–Crippen MR) is 107 cm³/mol. The number of para-hydroxylation sites is 2. The van der Waals surface area contributed by atoms with Crippen molar-refractivity contribution in [1.29, 1.82) is 0 Å². The molecule has 0 fully saturated rings. The van der Waals surface area contributed by atoms with Crippen LogP contribution in [0, 0.1) is 5.82 Å². The van der Waals surface area contributed by atoms with Crippen LogP contribution in [0.3, 0.4) is 0 Å². The summed E-state index contributed by atoms with van der Waals surface area (Å²) in [4.78, 5) is 32.4. The van der Waals surface area contributed by atoms with Crippen molar-refractivity contribution in [3.8, 4) is 5.69 Å². The minimum Gasteiger partial charge on any atom is -0.480 e. The summed E-state index contributed by atoms with van der Waals surface area (Å²) in [6.07, 6.45) is 0.332. The molecule has 28 heavy (non-hydrogen) atoms. The van der Waals surface area contributed by atoms with Gasteiger partial charge in [0.15, 0.2) is 5.16 Å². The summed E-state index contributed by atoms with van der Waals surface area (Å²) in [5.74, 6) is -1.60. The number of aliphatic carboxylic acids is 1.